The van der Waals surface area contributed by atoms with E-state index in [1.165, 1.54) is 43.1 Å². The summed E-state index contributed by atoms with van der Waals surface area (Å²) < 4.78 is 45.4. The summed E-state index contributed by atoms with van der Waals surface area (Å²) in [5.41, 5.74) is 1.59. The highest BCUT2D eigenvalue weighted by Crippen LogP contribution is 2.20. The van der Waals surface area contributed by atoms with Gasteiger partial charge < -0.3 is 4.42 Å². The Labute approximate surface area is 132 Å². The fourth-order valence-electron chi connectivity index (χ4n) is 2.04. The maximum absolute atomic E-state index is 13.7. The van der Waals surface area contributed by atoms with Gasteiger partial charge in [0.1, 0.15) is 10.7 Å². The average molecular weight is 333 g/mol. The van der Waals surface area contributed by atoms with E-state index >= 15 is 0 Å². The molecule has 0 amide bonds. The SMILES string of the molecule is O=S(=O)(NCc1nccnc1-c1ccoc1)c1ccccc1F. The van der Waals surface area contributed by atoms with Gasteiger partial charge in [-0.25, -0.2) is 17.5 Å². The van der Waals surface area contributed by atoms with Crippen LogP contribution >= 0.6 is 0 Å². The lowest BCUT2D eigenvalue weighted by Gasteiger charge is -2.09. The molecule has 23 heavy (non-hydrogen) atoms. The number of rotatable bonds is 5. The molecule has 1 N–H and O–H groups in total. The largest absolute Gasteiger partial charge is 0.472 e. The van der Waals surface area contributed by atoms with Gasteiger partial charge in [0.2, 0.25) is 10.0 Å². The van der Waals surface area contributed by atoms with Crippen LogP contribution in [0.2, 0.25) is 0 Å². The van der Waals surface area contributed by atoms with E-state index in [0.29, 0.717) is 17.0 Å². The minimum Gasteiger partial charge on any atom is -0.472 e. The average Bonchev–Trinajstić information content (AvgIpc) is 3.08. The Balaban J connectivity index is 1.86. The lowest BCUT2D eigenvalue weighted by Crippen LogP contribution is -2.25. The van der Waals surface area contributed by atoms with Crippen LogP contribution in [0.3, 0.4) is 0 Å². The molecule has 0 spiro atoms. The van der Waals surface area contributed by atoms with Crippen molar-refractivity contribution in [1.29, 1.82) is 0 Å². The van der Waals surface area contributed by atoms with E-state index < -0.39 is 20.7 Å². The number of furan rings is 1. The first-order valence-corrected chi connectivity index (χ1v) is 8.13. The zero-order valence-electron chi connectivity index (χ0n) is 11.8. The van der Waals surface area contributed by atoms with Gasteiger partial charge >= 0.3 is 0 Å². The van der Waals surface area contributed by atoms with Crippen molar-refractivity contribution < 1.29 is 17.2 Å². The van der Waals surface area contributed by atoms with Gasteiger partial charge in [-0.05, 0) is 18.2 Å². The van der Waals surface area contributed by atoms with E-state index in [1.807, 2.05) is 0 Å². The normalized spacial score (nSPS) is 11.5. The van der Waals surface area contributed by atoms with Gasteiger partial charge in [0.15, 0.2) is 0 Å². The molecule has 8 heteroatoms. The predicted octanol–water partition coefficient (Wildman–Crippen LogP) is 2.35. The van der Waals surface area contributed by atoms with Crippen molar-refractivity contribution in [3.63, 3.8) is 0 Å². The summed E-state index contributed by atoms with van der Waals surface area (Å²) in [6.45, 7) is -0.120. The van der Waals surface area contributed by atoms with Gasteiger partial charge in [-0.15, -0.1) is 0 Å². The predicted molar refractivity (Wildman–Crippen MR) is 80.2 cm³/mol. The number of halogens is 1. The molecule has 0 saturated heterocycles. The number of hydrogen-bond donors (Lipinski definition) is 1. The highest BCUT2D eigenvalue weighted by Gasteiger charge is 2.19. The summed E-state index contributed by atoms with van der Waals surface area (Å²) in [4.78, 5) is 7.90. The van der Waals surface area contributed by atoms with Crippen molar-refractivity contribution in [2.24, 2.45) is 0 Å². The van der Waals surface area contributed by atoms with Crippen LogP contribution in [0.25, 0.3) is 11.3 Å². The number of hydrogen-bond acceptors (Lipinski definition) is 5. The molecule has 0 bridgehead atoms. The third kappa shape index (κ3) is 3.27. The van der Waals surface area contributed by atoms with Crippen LogP contribution in [0.15, 0.2) is 64.6 Å². The van der Waals surface area contributed by atoms with Crippen LogP contribution in [0.1, 0.15) is 5.69 Å². The van der Waals surface area contributed by atoms with E-state index in [4.69, 9.17) is 4.42 Å². The van der Waals surface area contributed by atoms with Gasteiger partial charge in [0.25, 0.3) is 0 Å². The Morgan fingerprint density at radius 2 is 1.91 bits per heavy atom. The Morgan fingerprint density at radius 3 is 2.65 bits per heavy atom. The second kappa shape index (κ2) is 6.27. The molecule has 3 aromatic rings. The summed E-state index contributed by atoms with van der Waals surface area (Å²) in [7, 11) is -3.99. The number of sulfonamides is 1. The second-order valence-electron chi connectivity index (χ2n) is 4.62. The van der Waals surface area contributed by atoms with Crippen LogP contribution in [0, 0.1) is 5.82 Å². The van der Waals surface area contributed by atoms with Crippen molar-refractivity contribution in [3.05, 3.63) is 66.8 Å². The molecule has 1 aromatic carbocycles. The summed E-state index contributed by atoms with van der Waals surface area (Å²) in [6.07, 6.45) is 5.92. The molecule has 0 aliphatic rings. The highest BCUT2D eigenvalue weighted by molar-refractivity contribution is 7.89. The first-order valence-electron chi connectivity index (χ1n) is 6.64. The molecule has 0 aliphatic carbocycles. The van der Waals surface area contributed by atoms with E-state index in [9.17, 15) is 12.8 Å². The summed E-state index contributed by atoms with van der Waals surface area (Å²) in [5.74, 6) is -0.811. The Hall–Kier alpha value is -2.58. The third-order valence-electron chi connectivity index (χ3n) is 3.12. The molecule has 3 rings (SSSR count). The first kappa shape index (κ1) is 15.3. The Kier molecular flexibility index (Phi) is 4.18. The molecule has 0 saturated carbocycles. The fourth-order valence-corrected chi connectivity index (χ4v) is 3.11. The molecule has 0 aliphatic heterocycles. The van der Waals surface area contributed by atoms with E-state index in [-0.39, 0.29) is 6.54 Å². The summed E-state index contributed by atoms with van der Waals surface area (Å²) in [5, 5.41) is 0. The van der Waals surface area contributed by atoms with Gasteiger partial charge in [-0.2, -0.15) is 0 Å². The smallest absolute Gasteiger partial charge is 0.243 e. The maximum atomic E-state index is 13.7. The van der Waals surface area contributed by atoms with E-state index in [0.717, 1.165) is 6.07 Å². The first-order chi connectivity index (χ1) is 11.1. The monoisotopic (exact) mass is 333 g/mol. The molecule has 2 aromatic heterocycles. The minimum absolute atomic E-state index is 0.120. The number of aromatic nitrogens is 2. The highest BCUT2D eigenvalue weighted by atomic mass is 32.2. The van der Waals surface area contributed by atoms with Crippen molar-refractivity contribution in [1.82, 2.24) is 14.7 Å². The minimum atomic E-state index is -3.99. The molecule has 0 radical (unpaired) electrons. The van der Waals surface area contributed by atoms with E-state index in [2.05, 4.69) is 14.7 Å². The standard InChI is InChI=1S/C15H12FN3O3S/c16-12-3-1-2-4-14(12)23(20,21)19-9-13-15(18-7-6-17-13)11-5-8-22-10-11/h1-8,10,19H,9H2. The molecule has 0 fully saturated rings. The third-order valence-corrected chi connectivity index (χ3v) is 4.56. The Bertz CT molecular complexity index is 911. The van der Waals surface area contributed by atoms with Crippen molar-refractivity contribution in [2.45, 2.75) is 11.4 Å². The van der Waals surface area contributed by atoms with Gasteiger partial charge in [0, 0.05) is 18.0 Å². The Morgan fingerprint density at radius 1 is 1.13 bits per heavy atom. The topological polar surface area (TPSA) is 85.1 Å². The molecule has 0 atom stereocenters. The van der Waals surface area contributed by atoms with Gasteiger partial charge in [0.05, 0.1) is 30.5 Å². The fraction of sp³-hybridized carbons (Fsp3) is 0.0667. The summed E-state index contributed by atoms with van der Waals surface area (Å²) >= 11 is 0. The number of benzene rings is 1. The van der Waals surface area contributed by atoms with Crippen molar-refractivity contribution in [2.75, 3.05) is 0 Å². The number of nitrogens with zero attached hydrogens (tertiary/aromatic N) is 2. The summed E-state index contributed by atoms with van der Waals surface area (Å²) in [6, 6.07) is 6.86. The number of nitrogens with one attached hydrogen (secondary N) is 1. The van der Waals surface area contributed by atoms with Crippen LogP contribution in [0.5, 0.6) is 0 Å². The zero-order chi connectivity index (χ0) is 16.3. The molecule has 2 heterocycles. The van der Waals surface area contributed by atoms with Crippen molar-refractivity contribution >= 4 is 10.0 Å². The van der Waals surface area contributed by atoms with Gasteiger partial charge in [-0.3, -0.25) is 9.97 Å². The van der Waals surface area contributed by atoms with Gasteiger partial charge in [-0.1, -0.05) is 12.1 Å². The molecule has 0 unspecified atom stereocenters. The molecular formula is C15H12FN3O3S. The van der Waals surface area contributed by atoms with E-state index in [1.54, 1.807) is 6.07 Å². The lowest BCUT2D eigenvalue weighted by molar-refractivity contribution is 0.556. The second-order valence-corrected chi connectivity index (χ2v) is 6.35. The van der Waals surface area contributed by atoms with Crippen LogP contribution < -0.4 is 4.72 Å². The molecule has 6 nitrogen and oxygen atoms in total. The zero-order valence-corrected chi connectivity index (χ0v) is 12.6. The van der Waals surface area contributed by atoms with Crippen molar-refractivity contribution in [3.8, 4) is 11.3 Å². The maximum Gasteiger partial charge on any atom is 0.243 e. The molecule has 118 valence electrons. The van der Waals surface area contributed by atoms with Crippen LogP contribution in [0.4, 0.5) is 4.39 Å². The molecular weight excluding hydrogens is 321 g/mol. The van der Waals surface area contributed by atoms with Crippen LogP contribution in [-0.4, -0.2) is 18.4 Å². The van der Waals surface area contributed by atoms with Crippen LogP contribution in [-0.2, 0) is 16.6 Å². The quantitative estimate of drug-likeness (QED) is 0.775. The lowest BCUT2D eigenvalue weighted by atomic mass is 10.2.